The maximum atomic E-state index is 12.5. The lowest BCUT2D eigenvalue weighted by molar-refractivity contribution is -0.238. The molecule has 0 saturated heterocycles. The van der Waals surface area contributed by atoms with Crippen LogP contribution in [-0.4, -0.2) is 44.2 Å². The summed E-state index contributed by atoms with van der Waals surface area (Å²) >= 11 is 0. The first kappa shape index (κ1) is 18.9. The van der Waals surface area contributed by atoms with Crippen LogP contribution in [0.5, 0.6) is 0 Å². The van der Waals surface area contributed by atoms with Crippen LogP contribution < -0.4 is 0 Å². The summed E-state index contributed by atoms with van der Waals surface area (Å²) in [5.41, 5.74) is -1.27. The molecular formula is C16H28O6. The van der Waals surface area contributed by atoms with Crippen molar-refractivity contribution in [2.75, 3.05) is 14.2 Å². The molecule has 0 radical (unpaired) electrons. The molecule has 128 valence electrons. The van der Waals surface area contributed by atoms with Gasteiger partial charge in [-0.1, -0.05) is 0 Å². The van der Waals surface area contributed by atoms with E-state index in [1.807, 2.05) is 0 Å². The van der Waals surface area contributed by atoms with Crippen molar-refractivity contribution < 1.29 is 28.5 Å². The molecule has 6 heteroatoms. The van der Waals surface area contributed by atoms with Gasteiger partial charge in [0.25, 0.3) is 0 Å². The number of ether oxygens (including phenoxy) is 4. The predicted molar refractivity (Wildman–Crippen MR) is 80.1 cm³/mol. The maximum absolute atomic E-state index is 12.5. The summed E-state index contributed by atoms with van der Waals surface area (Å²) in [5, 5.41) is 0. The first-order chi connectivity index (χ1) is 10.2. The fraction of sp³-hybridized carbons (Fsp3) is 0.875. The van der Waals surface area contributed by atoms with E-state index < -0.39 is 23.1 Å². The summed E-state index contributed by atoms with van der Waals surface area (Å²) in [7, 11) is 3.13. The molecule has 0 heterocycles. The summed E-state index contributed by atoms with van der Waals surface area (Å²) in [6, 6.07) is 0. The van der Waals surface area contributed by atoms with Crippen LogP contribution >= 0.6 is 0 Å². The fourth-order valence-electron chi connectivity index (χ4n) is 2.69. The molecule has 0 N–H and O–H groups in total. The molecule has 0 atom stereocenters. The van der Waals surface area contributed by atoms with Crippen molar-refractivity contribution >= 4 is 11.9 Å². The average molecular weight is 316 g/mol. The molecule has 6 nitrogen and oxygen atoms in total. The van der Waals surface area contributed by atoms with Crippen LogP contribution in [0.15, 0.2) is 0 Å². The van der Waals surface area contributed by atoms with E-state index in [2.05, 4.69) is 0 Å². The van der Waals surface area contributed by atoms with E-state index >= 15 is 0 Å². The van der Waals surface area contributed by atoms with Gasteiger partial charge in [-0.25, -0.2) is 0 Å². The Bertz CT molecular complexity index is 363. The standard InChI is InChI=1S/C16H28O6/c1-11(2)21-13(17)15(14(18)22-12(3)4)7-9-16(19-5,20-6)10-8-15/h11-12H,7-10H2,1-6H3. The third kappa shape index (κ3) is 3.98. The first-order valence-electron chi connectivity index (χ1n) is 7.74. The largest absolute Gasteiger partial charge is 0.462 e. The van der Waals surface area contributed by atoms with E-state index in [4.69, 9.17) is 18.9 Å². The molecule has 0 bridgehead atoms. The van der Waals surface area contributed by atoms with Crippen LogP contribution in [0.25, 0.3) is 0 Å². The van der Waals surface area contributed by atoms with E-state index in [1.165, 1.54) is 0 Å². The second kappa shape index (κ2) is 7.42. The van der Waals surface area contributed by atoms with Crippen molar-refractivity contribution in [3.05, 3.63) is 0 Å². The van der Waals surface area contributed by atoms with Gasteiger partial charge in [-0.3, -0.25) is 9.59 Å². The Balaban J connectivity index is 3.00. The van der Waals surface area contributed by atoms with Gasteiger partial charge in [0.05, 0.1) is 12.2 Å². The molecule has 0 amide bonds. The van der Waals surface area contributed by atoms with E-state index in [0.717, 1.165) is 0 Å². The monoisotopic (exact) mass is 316 g/mol. The Hall–Kier alpha value is -1.14. The first-order valence-corrected chi connectivity index (χ1v) is 7.74. The van der Waals surface area contributed by atoms with Crippen LogP contribution in [0.4, 0.5) is 0 Å². The number of hydrogen-bond donors (Lipinski definition) is 0. The van der Waals surface area contributed by atoms with Gasteiger partial charge in [0, 0.05) is 27.1 Å². The molecule has 1 aliphatic rings. The third-order valence-electron chi connectivity index (χ3n) is 4.08. The van der Waals surface area contributed by atoms with E-state index in [0.29, 0.717) is 12.8 Å². The van der Waals surface area contributed by atoms with Crippen LogP contribution in [0.2, 0.25) is 0 Å². The molecule has 1 rings (SSSR count). The van der Waals surface area contributed by atoms with Gasteiger partial charge in [-0.15, -0.1) is 0 Å². The Kier molecular flexibility index (Phi) is 6.38. The SMILES string of the molecule is COC1(OC)CCC(C(=O)OC(C)C)(C(=O)OC(C)C)CC1. The third-order valence-corrected chi connectivity index (χ3v) is 4.08. The summed E-state index contributed by atoms with van der Waals surface area (Å²) in [6.07, 6.45) is 0.860. The maximum Gasteiger partial charge on any atom is 0.323 e. The van der Waals surface area contributed by atoms with Gasteiger partial charge >= 0.3 is 11.9 Å². The van der Waals surface area contributed by atoms with E-state index in [-0.39, 0.29) is 25.0 Å². The molecule has 0 aromatic carbocycles. The number of carbonyl (C=O) groups excluding carboxylic acids is 2. The molecule has 0 aromatic heterocycles. The zero-order valence-electron chi connectivity index (χ0n) is 14.4. The predicted octanol–water partition coefficient (Wildman–Crippen LogP) is 2.44. The molecule has 0 aromatic rings. The molecule has 0 aliphatic heterocycles. The minimum absolute atomic E-state index is 0.284. The minimum Gasteiger partial charge on any atom is -0.462 e. The van der Waals surface area contributed by atoms with Gasteiger partial charge in [0.15, 0.2) is 11.2 Å². The molecule has 0 unspecified atom stereocenters. The molecule has 22 heavy (non-hydrogen) atoms. The molecule has 1 saturated carbocycles. The van der Waals surface area contributed by atoms with Crippen molar-refractivity contribution in [2.45, 2.75) is 71.4 Å². The van der Waals surface area contributed by atoms with E-state index in [9.17, 15) is 9.59 Å². The van der Waals surface area contributed by atoms with Crippen LogP contribution in [0, 0.1) is 5.41 Å². The smallest absolute Gasteiger partial charge is 0.323 e. The van der Waals surface area contributed by atoms with Gasteiger partial charge in [0.2, 0.25) is 0 Å². The highest BCUT2D eigenvalue weighted by atomic mass is 16.7. The molecule has 1 aliphatic carbocycles. The summed E-state index contributed by atoms with van der Waals surface area (Å²) < 4.78 is 21.5. The highest BCUT2D eigenvalue weighted by Crippen LogP contribution is 2.45. The quantitative estimate of drug-likeness (QED) is 0.426. The lowest BCUT2D eigenvalue weighted by Crippen LogP contribution is -2.51. The van der Waals surface area contributed by atoms with Crippen molar-refractivity contribution in [3.8, 4) is 0 Å². The Morgan fingerprint density at radius 1 is 0.773 bits per heavy atom. The topological polar surface area (TPSA) is 71.1 Å². The normalized spacial score (nSPS) is 20.0. The summed E-state index contributed by atoms with van der Waals surface area (Å²) in [5.74, 6) is -1.79. The molecule has 1 fully saturated rings. The lowest BCUT2D eigenvalue weighted by atomic mass is 9.71. The minimum atomic E-state index is -1.27. The van der Waals surface area contributed by atoms with Gasteiger partial charge in [0.1, 0.15) is 0 Å². The number of rotatable bonds is 6. The average Bonchev–Trinajstić information content (AvgIpc) is 2.45. The van der Waals surface area contributed by atoms with Crippen molar-refractivity contribution in [2.24, 2.45) is 5.41 Å². The van der Waals surface area contributed by atoms with E-state index in [1.54, 1.807) is 41.9 Å². The highest BCUT2D eigenvalue weighted by molar-refractivity contribution is 6.00. The van der Waals surface area contributed by atoms with Gasteiger partial charge in [-0.2, -0.15) is 0 Å². The summed E-state index contributed by atoms with van der Waals surface area (Å²) in [4.78, 5) is 25.1. The molecular weight excluding hydrogens is 288 g/mol. The Morgan fingerprint density at radius 2 is 1.14 bits per heavy atom. The fourth-order valence-corrected chi connectivity index (χ4v) is 2.69. The number of hydrogen-bond acceptors (Lipinski definition) is 6. The number of carbonyl (C=O) groups is 2. The second-order valence-electron chi connectivity index (χ2n) is 6.31. The highest BCUT2D eigenvalue weighted by Gasteiger charge is 2.55. The van der Waals surface area contributed by atoms with Crippen LogP contribution in [0.1, 0.15) is 53.4 Å². The zero-order chi connectivity index (χ0) is 17.0. The number of methoxy groups -OCH3 is 2. The Labute approximate surface area is 132 Å². The van der Waals surface area contributed by atoms with Crippen LogP contribution in [0.3, 0.4) is 0 Å². The van der Waals surface area contributed by atoms with Gasteiger partial charge in [-0.05, 0) is 40.5 Å². The van der Waals surface area contributed by atoms with Crippen molar-refractivity contribution in [1.82, 2.24) is 0 Å². The summed E-state index contributed by atoms with van der Waals surface area (Å²) in [6.45, 7) is 7.04. The van der Waals surface area contributed by atoms with Crippen molar-refractivity contribution in [1.29, 1.82) is 0 Å². The lowest BCUT2D eigenvalue weighted by Gasteiger charge is -2.42. The van der Waals surface area contributed by atoms with Crippen molar-refractivity contribution in [3.63, 3.8) is 0 Å². The Morgan fingerprint density at radius 3 is 1.41 bits per heavy atom. The second-order valence-corrected chi connectivity index (χ2v) is 6.31. The molecule has 0 spiro atoms. The van der Waals surface area contributed by atoms with Crippen LogP contribution in [-0.2, 0) is 28.5 Å². The van der Waals surface area contributed by atoms with Gasteiger partial charge < -0.3 is 18.9 Å². The number of esters is 2. The zero-order valence-corrected chi connectivity index (χ0v) is 14.4.